The van der Waals surface area contributed by atoms with E-state index in [9.17, 15) is 5.11 Å². The Hall–Kier alpha value is -2.26. The molecule has 0 aliphatic rings. The average Bonchev–Trinajstić information content (AvgIpc) is 2.74. The Bertz CT molecular complexity index is 762. The molecule has 3 rings (SSSR count). The summed E-state index contributed by atoms with van der Waals surface area (Å²) in [5.74, 6) is 1.16. The normalized spacial score (nSPS) is 10.8. The summed E-state index contributed by atoms with van der Waals surface area (Å²) in [7, 11) is 2.00. The van der Waals surface area contributed by atoms with E-state index in [1.807, 2.05) is 55.6 Å². The van der Waals surface area contributed by atoms with Gasteiger partial charge in [0.05, 0.1) is 11.0 Å². The smallest absolute Gasteiger partial charge is 0.133 e. The van der Waals surface area contributed by atoms with Crippen molar-refractivity contribution in [3.63, 3.8) is 0 Å². The van der Waals surface area contributed by atoms with Gasteiger partial charge in [0.2, 0.25) is 0 Å². The van der Waals surface area contributed by atoms with Crippen molar-refractivity contribution in [2.45, 2.75) is 0 Å². The van der Waals surface area contributed by atoms with Gasteiger partial charge in [-0.3, -0.25) is 0 Å². The van der Waals surface area contributed by atoms with Crippen molar-refractivity contribution in [3.8, 4) is 5.75 Å². The largest absolute Gasteiger partial charge is 0.508 e. The van der Waals surface area contributed by atoms with Crippen LogP contribution in [-0.4, -0.2) is 14.7 Å². The van der Waals surface area contributed by atoms with Crippen molar-refractivity contribution in [3.05, 3.63) is 59.9 Å². The lowest BCUT2D eigenvalue weighted by Crippen LogP contribution is -1.90. The first-order chi connectivity index (χ1) is 9.24. The molecule has 0 bridgehead atoms. The maximum Gasteiger partial charge on any atom is 0.133 e. The van der Waals surface area contributed by atoms with Gasteiger partial charge in [-0.1, -0.05) is 30.3 Å². The molecule has 20 heavy (non-hydrogen) atoms. The summed E-state index contributed by atoms with van der Waals surface area (Å²) in [6.07, 6.45) is 3.90. The number of para-hydroxylation sites is 2. The Morgan fingerprint density at radius 1 is 1.05 bits per heavy atom. The highest BCUT2D eigenvalue weighted by Crippen LogP contribution is 2.17. The standard InChI is InChI=1S/C16H14N2O.ClH/c1-18-15-8-3-2-7-14(15)17-16(18)10-9-12-5-4-6-13(19)11-12;/h2-11,19H,1H3;1H/b10-9+;. The number of aryl methyl sites for hydroxylation is 1. The van der Waals surface area contributed by atoms with E-state index in [2.05, 4.69) is 9.55 Å². The summed E-state index contributed by atoms with van der Waals surface area (Å²) in [4.78, 5) is 4.56. The van der Waals surface area contributed by atoms with Gasteiger partial charge in [0.25, 0.3) is 0 Å². The summed E-state index contributed by atoms with van der Waals surface area (Å²) in [5.41, 5.74) is 3.05. The Labute approximate surface area is 123 Å². The van der Waals surface area contributed by atoms with Crippen molar-refractivity contribution in [1.82, 2.24) is 9.55 Å². The zero-order valence-electron chi connectivity index (χ0n) is 11.0. The van der Waals surface area contributed by atoms with Crippen molar-refractivity contribution in [1.29, 1.82) is 0 Å². The molecule has 0 fully saturated rings. The molecule has 0 aliphatic heterocycles. The van der Waals surface area contributed by atoms with E-state index < -0.39 is 0 Å². The molecule has 0 amide bonds. The summed E-state index contributed by atoms with van der Waals surface area (Å²) in [6, 6.07) is 15.2. The summed E-state index contributed by atoms with van der Waals surface area (Å²) in [6.45, 7) is 0. The van der Waals surface area contributed by atoms with Crippen LogP contribution in [0.1, 0.15) is 11.4 Å². The predicted octanol–water partition coefficient (Wildman–Crippen LogP) is 3.87. The number of aromatic hydroxyl groups is 1. The van der Waals surface area contributed by atoms with Crippen molar-refractivity contribution >= 4 is 35.6 Å². The number of halogens is 1. The summed E-state index contributed by atoms with van der Waals surface area (Å²) in [5, 5.41) is 9.42. The molecular formula is C16H15ClN2O. The Kier molecular flexibility index (Phi) is 4.11. The molecular weight excluding hydrogens is 272 g/mol. The third-order valence-corrected chi connectivity index (χ3v) is 3.12. The van der Waals surface area contributed by atoms with Gasteiger partial charge in [-0.05, 0) is 35.9 Å². The van der Waals surface area contributed by atoms with Crippen molar-refractivity contribution in [2.75, 3.05) is 0 Å². The van der Waals surface area contributed by atoms with Crippen LogP contribution in [0.4, 0.5) is 0 Å². The topological polar surface area (TPSA) is 38.0 Å². The van der Waals surface area contributed by atoms with E-state index in [0.717, 1.165) is 22.4 Å². The van der Waals surface area contributed by atoms with E-state index in [1.165, 1.54) is 0 Å². The second-order valence-corrected chi connectivity index (χ2v) is 4.45. The molecule has 0 aliphatic carbocycles. The number of aromatic nitrogens is 2. The lowest BCUT2D eigenvalue weighted by molar-refractivity contribution is 0.475. The van der Waals surface area contributed by atoms with E-state index in [0.29, 0.717) is 0 Å². The molecule has 0 radical (unpaired) electrons. The summed E-state index contributed by atoms with van der Waals surface area (Å²) < 4.78 is 2.05. The van der Waals surface area contributed by atoms with Gasteiger partial charge >= 0.3 is 0 Å². The van der Waals surface area contributed by atoms with Crippen LogP contribution in [0.3, 0.4) is 0 Å². The number of benzene rings is 2. The minimum atomic E-state index is 0. The fourth-order valence-electron chi connectivity index (χ4n) is 2.11. The van der Waals surface area contributed by atoms with Crippen LogP contribution in [0.2, 0.25) is 0 Å². The third-order valence-electron chi connectivity index (χ3n) is 3.12. The van der Waals surface area contributed by atoms with Crippen molar-refractivity contribution in [2.24, 2.45) is 7.05 Å². The highest BCUT2D eigenvalue weighted by Gasteiger charge is 2.03. The predicted molar refractivity (Wildman–Crippen MR) is 85.0 cm³/mol. The molecule has 0 spiro atoms. The number of phenolic OH excluding ortho intramolecular Hbond substituents is 1. The van der Waals surface area contributed by atoms with Gasteiger partial charge in [-0.15, -0.1) is 12.4 Å². The van der Waals surface area contributed by atoms with E-state index in [1.54, 1.807) is 12.1 Å². The SMILES string of the molecule is Cl.Cn1c(/C=C/c2cccc(O)c2)nc2ccccc21. The monoisotopic (exact) mass is 286 g/mol. The average molecular weight is 287 g/mol. The number of fused-ring (bicyclic) bond motifs is 1. The maximum absolute atomic E-state index is 9.42. The highest BCUT2D eigenvalue weighted by molar-refractivity contribution is 5.85. The molecule has 2 aromatic carbocycles. The van der Waals surface area contributed by atoms with Gasteiger partial charge in [0.15, 0.2) is 0 Å². The second-order valence-electron chi connectivity index (χ2n) is 4.45. The van der Waals surface area contributed by atoms with Crippen LogP contribution >= 0.6 is 12.4 Å². The van der Waals surface area contributed by atoms with Crippen molar-refractivity contribution < 1.29 is 5.11 Å². The van der Waals surface area contributed by atoms with E-state index >= 15 is 0 Å². The van der Waals surface area contributed by atoms with Gasteiger partial charge in [-0.25, -0.2) is 4.98 Å². The van der Waals surface area contributed by atoms with Crippen LogP contribution in [0.25, 0.3) is 23.2 Å². The van der Waals surface area contributed by atoms with E-state index in [-0.39, 0.29) is 18.2 Å². The van der Waals surface area contributed by atoms with Crippen LogP contribution in [0, 0.1) is 0 Å². The molecule has 1 N–H and O–H groups in total. The molecule has 1 heterocycles. The number of hydrogen-bond donors (Lipinski definition) is 1. The number of hydrogen-bond acceptors (Lipinski definition) is 2. The third kappa shape index (κ3) is 2.68. The molecule has 0 saturated carbocycles. The van der Waals surface area contributed by atoms with Gasteiger partial charge < -0.3 is 9.67 Å². The zero-order chi connectivity index (χ0) is 13.2. The minimum Gasteiger partial charge on any atom is -0.508 e. The first kappa shape index (κ1) is 14.2. The fourth-order valence-corrected chi connectivity index (χ4v) is 2.11. The van der Waals surface area contributed by atoms with Crippen LogP contribution in [-0.2, 0) is 7.05 Å². The highest BCUT2D eigenvalue weighted by atomic mass is 35.5. The Balaban J connectivity index is 0.00000147. The fraction of sp³-hybridized carbons (Fsp3) is 0.0625. The molecule has 0 unspecified atom stereocenters. The first-order valence-electron chi connectivity index (χ1n) is 6.12. The molecule has 3 nitrogen and oxygen atoms in total. The maximum atomic E-state index is 9.42. The lowest BCUT2D eigenvalue weighted by Gasteiger charge is -1.97. The molecule has 102 valence electrons. The molecule has 0 atom stereocenters. The second kappa shape index (κ2) is 5.80. The molecule has 4 heteroatoms. The van der Waals surface area contributed by atoms with Crippen LogP contribution in [0.15, 0.2) is 48.5 Å². The number of phenols is 1. The van der Waals surface area contributed by atoms with Gasteiger partial charge in [0, 0.05) is 7.05 Å². The zero-order valence-corrected chi connectivity index (χ0v) is 11.8. The number of rotatable bonds is 2. The molecule has 3 aromatic rings. The Morgan fingerprint density at radius 2 is 1.85 bits per heavy atom. The number of nitrogens with zero attached hydrogens (tertiary/aromatic N) is 2. The molecule has 0 saturated heterocycles. The van der Waals surface area contributed by atoms with E-state index in [4.69, 9.17) is 0 Å². The summed E-state index contributed by atoms with van der Waals surface area (Å²) >= 11 is 0. The van der Waals surface area contributed by atoms with Crippen LogP contribution < -0.4 is 0 Å². The molecule has 1 aromatic heterocycles. The van der Waals surface area contributed by atoms with Gasteiger partial charge in [-0.2, -0.15) is 0 Å². The minimum absolute atomic E-state index is 0. The Morgan fingerprint density at radius 3 is 2.60 bits per heavy atom. The van der Waals surface area contributed by atoms with Gasteiger partial charge in [0.1, 0.15) is 11.6 Å². The lowest BCUT2D eigenvalue weighted by atomic mass is 10.2. The first-order valence-corrected chi connectivity index (χ1v) is 6.12. The quantitative estimate of drug-likeness (QED) is 0.776. The van der Waals surface area contributed by atoms with Crippen LogP contribution in [0.5, 0.6) is 5.75 Å². The number of imidazole rings is 1.